The van der Waals surface area contributed by atoms with Crippen LogP contribution in [0.15, 0.2) is 17.2 Å². The Balaban J connectivity index is 1.64. The van der Waals surface area contributed by atoms with Gasteiger partial charge in [0.1, 0.15) is 16.5 Å². The van der Waals surface area contributed by atoms with Crippen molar-refractivity contribution in [3.8, 4) is 16.9 Å². The topological polar surface area (TPSA) is 137 Å². The molecule has 0 spiro atoms. The second-order valence-corrected chi connectivity index (χ2v) is 12.1. The van der Waals surface area contributed by atoms with E-state index in [0.29, 0.717) is 44.7 Å². The zero-order chi connectivity index (χ0) is 27.4. The number of hydrogen-bond acceptors (Lipinski definition) is 9. The van der Waals surface area contributed by atoms with Gasteiger partial charge in [0, 0.05) is 44.3 Å². The molecule has 1 N–H and O–H groups in total. The van der Waals surface area contributed by atoms with E-state index in [1.165, 1.54) is 16.7 Å². The molecule has 16 heteroatoms. The van der Waals surface area contributed by atoms with E-state index in [-0.39, 0.29) is 56.1 Å². The van der Waals surface area contributed by atoms with E-state index in [4.69, 9.17) is 0 Å². The summed E-state index contributed by atoms with van der Waals surface area (Å²) in [5, 5.41) is 15.3. The van der Waals surface area contributed by atoms with Crippen LogP contribution >= 0.6 is 11.3 Å². The van der Waals surface area contributed by atoms with Crippen LogP contribution in [0.5, 0.6) is 0 Å². The highest BCUT2D eigenvalue weighted by Gasteiger charge is 2.37. The van der Waals surface area contributed by atoms with Crippen molar-refractivity contribution in [3.63, 3.8) is 0 Å². The summed E-state index contributed by atoms with van der Waals surface area (Å²) in [5.74, 6) is -0.296. The molecule has 38 heavy (non-hydrogen) atoms. The second-order valence-electron chi connectivity index (χ2n) is 9.45. The van der Waals surface area contributed by atoms with Crippen LogP contribution in [0.1, 0.15) is 37.4 Å². The fraction of sp³-hybridized carbons (Fsp3) is 0.500. The summed E-state index contributed by atoms with van der Waals surface area (Å²) in [6.45, 7) is 5.10. The number of amides is 1. The van der Waals surface area contributed by atoms with Crippen LogP contribution in [0.2, 0.25) is 0 Å². The Hall–Kier alpha value is -3.29. The third-order valence-corrected chi connectivity index (χ3v) is 8.74. The van der Waals surface area contributed by atoms with Crippen LogP contribution in [0.4, 0.5) is 18.9 Å². The first-order valence-electron chi connectivity index (χ1n) is 11.8. The standard InChI is InChI=1S/C22H23F3N8O3S2/c1-12(2)20(34)32-7-5-31(6-8-32)16-9-14(38(35,36)30-13-3-4-13)11-33-17(16)15(10-26)27-18(33)19-28-29-21(37-19)22(23,24)25/h9,11-13,30H,3-8H2,1-2H3. The molecule has 3 aromatic rings. The van der Waals surface area contributed by atoms with Gasteiger partial charge in [0.2, 0.25) is 20.9 Å². The van der Waals surface area contributed by atoms with E-state index in [0.717, 1.165) is 0 Å². The summed E-state index contributed by atoms with van der Waals surface area (Å²) in [6, 6.07) is 3.22. The molecule has 202 valence electrons. The van der Waals surface area contributed by atoms with Crippen LogP contribution < -0.4 is 9.62 Å². The fourth-order valence-corrected chi connectivity index (χ4v) is 6.26. The van der Waals surface area contributed by atoms with Crippen molar-refractivity contribution in [2.75, 3.05) is 31.1 Å². The molecule has 0 bridgehead atoms. The van der Waals surface area contributed by atoms with Crippen molar-refractivity contribution in [1.82, 2.24) is 29.2 Å². The Bertz CT molecular complexity index is 1550. The molecule has 2 fully saturated rings. The highest BCUT2D eigenvalue weighted by atomic mass is 32.2. The quantitative estimate of drug-likeness (QED) is 0.479. The molecule has 1 aliphatic heterocycles. The highest BCUT2D eigenvalue weighted by Crippen LogP contribution is 2.37. The number of fused-ring (bicyclic) bond motifs is 1. The van der Waals surface area contributed by atoms with Gasteiger partial charge in [-0.1, -0.05) is 25.2 Å². The SMILES string of the molecule is CC(C)C(=O)N1CCN(c2cc(S(=O)(=O)NC3CC3)cn3c(-c4nnc(C(F)(F)F)s4)nc(C#N)c23)CC1. The van der Waals surface area contributed by atoms with Crippen molar-refractivity contribution in [1.29, 1.82) is 5.26 Å². The van der Waals surface area contributed by atoms with Crippen LogP contribution in [0.3, 0.4) is 0 Å². The summed E-state index contributed by atoms with van der Waals surface area (Å²) >= 11 is 0.250. The van der Waals surface area contributed by atoms with Crippen molar-refractivity contribution >= 4 is 38.5 Å². The average Bonchev–Trinajstić information content (AvgIpc) is 3.38. The summed E-state index contributed by atoms with van der Waals surface area (Å²) in [6.07, 6.45) is -2.07. The molecule has 2 aliphatic rings. The first-order valence-corrected chi connectivity index (χ1v) is 14.1. The van der Waals surface area contributed by atoms with Gasteiger partial charge in [-0.15, -0.1) is 10.2 Å². The molecule has 0 atom stereocenters. The minimum Gasteiger partial charge on any atom is -0.366 e. The number of nitrogens with one attached hydrogen (secondary N) is 1. The molecule has 1 aliphatic carbocycles. The minimum atomic E-state index is -4.72. The van der Waals surface area contributed by atoms with Gasteiger partial charge in [0.05, 0.1) is 5.69 Å². The lowest BCUT2D eigenvalue weighted by Gasteiger charge is -2.37. The van der Waals surface area contributed by atoms with Crippen molar-refractivity contribution in [2.45, 2.75) is 43.8 Å². The van der Waals surface area contributed by atoms with E-state index in [1.54, 1.807) is 4.90 Å². The van der Waals surface area contributed by atoms with Crippen molar-refractivity contribution in [2.24, 2.45) is 5.92 Å². The lowest BCUT2D eigenvalue weighted by molar-refractivity contribution is -0.138. The number of aromatic nitrogens is 4. The molecular formula is C22H23F3N8O3S2. The van der Waals surface area contributed by atoms with Gasteiger partial charge >= 0.3 is 6.18 Å². The van der Waals surface area contributed by atoms with Gasteiger partial charge in [-0.2, -0.15) is 18.4 Å². The lowest BCUT2D eigenvalue weighted by Crippen LogP contribution is -2.50. The van der Waals surface area contributed by atoms with Gasteiger partial charge in [0.25, 0.3) is 0 Å². The van der Waals surface area contributed by atoms with Crippen LogP contribution in [-0.4, -0.2) is 71.0 Å². The third kappa shape index (κ3) is 4.93. The predicted octanol–water partition coefficient (Wildman–Crippen LogP) is 2.49. The molecule has 0 radical (unpaired) electrons. The maximum absolute atomic E-state index is 13.2. The summed E-state index contributed by atoms with van der Waals surface area (Å²) in [7, 11) is -3.98. The molecule has 1 saturated carbocycles. The number of nitriles is 1. The van der Waals surface area contributed by atoms with Crippen molar-refractivity contribution in [3.05, 3.63) is 23.0 Å². The van der Waals surface area contributed by atoms with Crippen molar-refractivity contribution < 1.29 is 26.4 Å². The van der Waals surface area contributed by atoms with Gasteiger partial charge in [-0.25, -0.2) is 18.1 Å². The van der Waals surface area contributed by atoms with Crippen LogP contribution in [-0.2, 0) is 21.0 Å². The monoisotopic (exact) mass is 568 g/mol. The first kappa shape index (κ1) is 26.3. The number of pyridine rings is 1. The largest absolute Gasteiger partial charge is 0.445 e. The number of carbonyl (C=O) groups is 1. The smallest absolute Gasteiger partial charge is 0.366 e. The molecule has 1 amide bonds. The number of carbonyl (C=O) groups excluding carboxylic acids is 1. The normalized spacial score (nSPS) is 16.9. The number of halogens is 3. The Kier molecular flexibility index (Phi) is 6.56. The van der Waals surface area contributed by atoms with E-state index in [2.05, 4.69) is 19.9 Å². The molecule has 3 aromatic heterocycles. The number of hydrogen-bond donors (Lipinski definition) is 1. The predicted molar refractivity (Wildman–Crippen MR) is 131 cm³/mol. The van der Waals surface area contributed by atoms with Crippen LogP contribution in [0, 0.1) is 17.2 Å². The molecule has 11 nitrogen and oxygen atoms in total. The number of rotatable bonds is 6. The Morgan fingerprint density at radius 1 is 1.21 bits per heavy atom. The van der Waals surface area contributed by atoms with Gasteiger partial charge in [-0.3, -0.25) is 9.20 Å². The number of sulfonamides is 1. The zero-order valence-electron chi connectivity index (χ0n) is 20.4. The highest BCUT2D eigenvalue weighted by molar-refractivity contribution is 7.89. The van der Waals surface area contributed by atoms with Crippen LogP contribution in [0.25, 0.3) is 16.3 Å². The van der Waals surface area contributed by atoms with Gasteiger partial charge < -0.3 is 9.80 Å². The maximum Gasteiger partial charge on any atom is 0.445 e. The molecule has 1 saturated heterocycles. The summed E-state index contributed by atoms with van der Waals surface area (Å²) in [5.41, 5.74) is 0.509. The number of imidazole rings is 1. The second kappa shape index (κ2) is 9.47. The number of anilines is 1. The lowest BCUT2D eigenvalue weighted by atomic mass is 10.1. The first-order chi connectivity index (χ1) is 17.9. The maximum atomic E-state index is 13.2. The minimum absolute atomic E-state index is 0.000787. The average molecular weight is 569 g/mol. The van der Waals surface area contributed by atoms with E-state index in [1.807, 2.05) is 24.8 Å². The Morgan fingerprint density at radius 2 is 1.89 bits per heavy atom. The Morgan fingerprint density at radius 3 is 2.45 bits per heavy atom. The Labute approximate surface area is 219 Å². The fourth-order valence-electron chi connectivity index (χ4n) is 4.24. The number of piperazine rings is 1. The summed E-state index contributed by atoms with van der Waals surface area (Å²) in [4.78, 5) is 20.1. The van der Waals surface area contributed by atoms with E-state index >= 15 is 0 Å². The zero-order valence-corrected chi connectivity index (χ0v) is 22.0. The molecule has 4 heterocycles. The number of alkyl halides is 3. The number of nitrogens with zero attached hydrogens (tertiary/aromatic N) is 7. The molecular weight excluding hydrogens is 545 g/mol. The van der Waals surface area contributed by atoms with Gasteiger partial charge in [-0.05, 0) is 18.9 Å². The van der Waals surface area contributed by atoms with E-state index < -0.39 is 21.2 Å². The third-order valence-electron chi connectivity index (χ3n) is 6.29. The molecule has 0 unspecified atom stereocenters. The summed E-state index contributed by atoms with van der Waals surface area (Å²) < 4.78 is 69.9. The molecule has 5 rings (SSSR count). The molecule has 0 aromatic carbocycles. The van der Waals surface area contributed by atoms with E-state index in [9.17, 15) is 31.6 Å². The van der Waals surface area contributed by atoms with Gasteiger partial charge in [0.15, 0.2) is 16.5 Å².